The summed E-state index contributed by atoms with van der Waals surface area (Å²) >= 11 is 0. The Bertz CT molecular complexity index is 1100. The van der Waals surface area contributed by atoms with E-state index < -0.39 is 16.0 Å². The molecule has 0 spiro atoms. The van der Waals surface area contributed by atoms with Crippen LogP contribution < -0.4 is 0 Å². The number of hydrogen-bond acceptors (Lipinski definition) is 5. The van der Waals surface area contributed by atoms with E-state index in [1.807, 2.05) is 32.0 Å². The lowest BCUT2D eigenvalue weighted by Crippen LogP contribution is -2.30. The van der Waals surface area contributed by atoms with Gasteiger partial charge in [-0.15, -0.1) is 0 Å². The van der Waals surface area contributed by atoms with E-state index in [1.165, 1.54) is 16.4 Å². The van der Waals surface area contributed by atoms with E-state index in [-0.39, 0.29) is 16.5 Å². The Balaban J connectivity index is 1.89. The van der Waals surface area contributed by atoms with Gasteiger partial charge in [-0.1, -0.05) is 37.6 Å². The van der Waals surface area contributed by atoms with E-state index in [1.54, 1.807) is 32.1 Å². The highest BCUT2D eigenvalue weighted by Gasteiger charge is 2.26. The number of hydrogen-bond donors (Lipinski definition) is 0. The zero-order valence-electron chi connectivity index (χ0n) is 17.0. The van der Waals surface area contributed by atoms with Crippen molar-refractivity contribution in [2.24, 2.45) is 4.99 Å². The van der Waals surface area contributed by atoms with Gasteiger partial charge in [-0.05, 0) is 55.3 Å². The first-order chi connectivity index (χ1) is 13.8. The lowest BCUT2D eigenvalue weighted by Gasteiger charge is -2.18. The van der Waals surface area contributed by atoms with Gasteiger partial charge >= 0.3 is 5.97 Å². The van der Waals surface area contributed by atoms with Crippen LogP contribution in [0.3, 0.4) is 0 Å². The van der Waals surface area contributed by atoms with Gasteiger partial charge in [0.2, 0.25) is 15.9 Å². The van der Waals surface area contributed by atoms with Crippen LogP contribution in [0.4, 0.5) is 0 Å². The van der Waals surface area contributed by atoms with Crippen LogP contribution in [-0.4, -0.2) is 37.7 Å². The number of aliphatic imine (C=N–C) groups is 1. The summed E-state index contributed by atoms with van der Waals surface area (Å²) in [6, 6.07) is 12.2. The number of sulfonamides is 1. The topological polar surface area (TPSA) is 76.0 Å². The molecule has 1 aliphatic rings. The van der Waals surface area contributed by atoms with E-state index in [4.69, 9.17) is 4.74 Å². The van der Waals surface area contributed by atoms with Gasteiger partial charge in [0, 0.05) is 18.7 Å². The second kappa shape index (κ2) is 8.31. The third kappa shape index (κ3) is 4.31. The summed E-state index contributed by atoms with van der Waals surface area (Å²) in [4.78, 5) is 16.7. The minimum Gasteiger partial charge on any atom is -0.402 e. The van der Waals surface area contributed by atoms with Crippen molar-refractivity contribution in [3.63, 3.8) is 0 Å². The molecule has 29 heavy (non-hydrogen) atoms. The minimum atomic E-state index is -3.54. The number of esters is 1. The molecule has 152 valence electrons. The Labute approximate surface area is 171 Å². The van der Waals surface area contributed by atoms with Gasteiger partial charge in [0.1, 0.15) is 0 Å². The van der Waals surface area contributed by atoms with Crippen LogP contribution in [0.15, 0.2) is 58.0 Å². The van der Waals surface area contributed by atoms with Gasteiger partial charge in [-0.2, -0.15) is 4.31 Å². The predicted molar refractivity (Wildman–Crippen MR) is 113 cm³/mol. The molecule has 2 aromatic rings. The van der Waals surface area contributed by atoms with Crippen LogP contribution in [0.1, 0.15) is 36.1 Å². The van der Waals surface area contributed by atoms with E-state index in [0.717, 1.165) is 16.7 Å². The first-order valence-electron chi connectivity index (χ1n) is 9.46. The lowest BCUT2D eigenvalue weighted by atomic mass is 10.0. The third-order valence-electron chi connectivity index (χ3n) is 4.78. The van der Waals surface area contributed by atoms with Crippen molar-refractivity contribution in [2.75, 3.05) is 13.1 Å². The van der Waals surface area contributed by atoms with Crippen LogP contribution in [0.5, 0.6) is 0 Å². The number of nitrogens with zero attached hydrogens (tertiary/aromatic N) is 2. The fraction of sp³-hybridized carbons (Fsp3) is 0.273. The summed E-state index contributed by atoms with van der Waals surface area (Å²) in [6.45, 7) is 8.37. The van der Waals surface area contributed by atoms with Gasteiger partial charge in [0.25, 0.3) is 0 Å². The molecule has 0 saturated heterocycles. The summed E-state index contributed by atoms with van der Waals surface area (Å²) < 4.78 is 31.9. The number of carbonyl (C=O) groups excluding carboxylic acids is 1. The molecule has 0 fully saturated rings. The van der Waals surface area contributed by atoms with Crippen molar-refractivity contribution in [3.8, 4) is 0 Å². The van der Waals surface area contributed by atoms with Crippen molar-refractivity contribution < 1.29 is 17.9 Å². The molecule has 0 radical (unpaired) electrons. The van der Waals surface area contributed by atoms with Crippen molar-refractivity contribution in [1.82, 2.24) is 4.31 Å². The van der Waals surface area contributed by atoms with Crippen molar-refractivity contribution >= 4 is 28.0 Å². The summed E-state index contributed by atoms with van der Waals surface area (Å²) in [7, 11) is -3.54. The summed E-state index contributed by atoms with van der Waals surface area (Å²) in [5.74, 6) is -0.363. The van der Waals surface area contributed by atoms with Crippen molar-refractivity contribution in [1.29, 1.82) is 0 Å². The van der Waals surface area contributed by atoms with E-state index in [0.29, 0.717) is 18.7 Å². The first-order valence-corrected chi connectivity index (χ1v) is 10.9. The SMILES string of the molecule is CCN(CC)S(=O)(=O)c1ccc(C2=N/C(=C/c3ccc(C)cc3C)C(=O)O2)cc1. The molecule has 0 atom stereocenters. The zero-order chi connectivity index (χ0) is 21.2. The fourth-order valence-electron chi connectivity index (χ4n) is 3.15. The minimum absolute atomic E-state index is 0.165. The number of cyclic esters (lactones) is 1. The maximum atomic E-state index is 12.6. The molecule has 0 amide bonds. The Morgan fingerprint density at radius 1 is 1.03 bits per heavy atom. The predicted octanol–water partition coefficient (Wildman–Crippen LogP) is 3.68. The van der Waals surface area contributed by atoms with E-state index in [9.17, 15) is 13.2 Å². The number of carbonyl (C=O) groups is 1. The summed E-state index contributed by atoms with van der Waals surface area (Å²) in [5, 5.41) is 0. The molecule has 0 aliphatic carbocycles. The molecule has 0 saturated carbocycles. The largest absolute Gasteiger partial charge is 0.402 e. The molecule has 3 rings (SSSR count). The average Bonchev–Trinajstić information content (AvgIpc) is 3.05. The first kappa shape index (κ1) is 21.0. The van der Waals surface area contributed by atoms with Crippen LogP contribution in [-0.2, 0) is 19.6 Å². The molecule has 6 nitrogen and oxygen atoms in total. The van der Waals surface area contributed by atoms with Gasteiger partial charge in [0.15, 0.2) is 5.70 Å². The second-order valence-corrected chi connectivity index (χ2v) is 8.75. The monoisotopic (exact) mass is 412 g/mol. The summed E-state index contributed by atoms with van der Waals surface area (Å²) in [5.41, 5.74) is 3.84. The highest BCUT2D eigenvalue weighted by atomic mass is 32.2. The Morgan fingerprint density at radius 2 is 1.69 bits per heavy atom. The number of ether oxygens (including phenoxy) is 1. The van der Waals surface area contributed by atoms with Crippen LogP contribution >= 0.6 is 0 Å². The normalized spacial score (nSPS) is 15.7. The lowest BCUT2D eigenvalue weighted by molar-refractivity contribution is -0.129. The zero-order valence-corrected chi connectivity index (χ0v) is 17.8. The van der Waals surface area contributed by atoms with E-state index in [2.05, 4.69) is 4.99 Å². The molecular weight excluding hydrogens is 388 g/mol. The highest BCUT2D eigenvalue weighted by molar-refractivity contribution is 7.89. The number of aryl methyl sites for hydroxylation is 2. The molecule has 1 aliphatic heterocycles. The van der Waals surface area contributed by atoms with Gasteiger partial charge < -0.3 is 4.74 Å². The molecule has 1 heterocycles. The van der Waals surface area contributed by atoms with Crippen LogP contribution in [0.2, 0.25) is 0 Å². The third-order valence-corrected chi connectivity index (χ3v) is 6.85. The van der Waals surface area contributed by atoms with Crippen LogP contribution in [0.25, 0.3) is 6.08 Å². The fourth-order valence-corrected chi connectivity index (χ4v) is 4.61. The Hall–Kier alpha value is -2.77. The van der Waals surface area contributed by atoms with Gasteiger partial charge in [0.05, 0.1) is 4.90 Å². The smallest absolute Gasteiger partial charge is 0.363 e. The average molecular weight is 413 g/mol. The Kier molecular flexibility index (Phi) is 6.00. The maximum Gasteiger partial charge on any atom is 0.363 e. The highest BCUT2D eigenvalue weighted by Crippen LogP contribution is 2.23. The number of benzene rings is 2. The molecule has 0 bridgehead atoms. The Morgan fingerprint density at radius 3 is 2.28 bits per heavy atom. The van der Waals surface area contributed by atoms with Crippen molar-refractivity contribution in [2.45, 2.75) is 32.6 Å². The van der Waals surface area contributed by atoms with Gasteiger partial charge in [-0.3, -0.25) is 0 Å². The molecule has 0 aromatic heterocycles. The summed E-state index contributed by atoms with van der Waals surface area (Å²) in [6.07, 6.45) is 1.70. The molecule has 2 aromatic carbocycles. The molecular formula is C22H24N2O4S. The molecule has 7 heteroatoms. The molecule has 0 unspecified atom stereocenters. The standard InChI is InChI=1S/C22H24N2O4S/c1-5-24(6-2)29(26,27)19-11-9-17(10-12-19)21-23-20(22(25)28-21)14-18-8-7-15(3)13-16(18)4/h7-14H,5-6H2,1-4H3/b20-14+. The quantitative estimate of drug-likeness (QED) is 0.536. The molecule has 0 N–H and O–H groups in total. The maximum absolute atomic E-state index is 12.6. The van der Waals surface area contributed by atoms with E-state index >= 15 is 0 Å². The number of rotatable bonds is 6. The van der Waals surface area contributed by atoms with Crippen molar-refractivity contribution in [3.05, 3.63) is 70.4 Å². The van der Waals surface area contributed by atoms with Crippen LogP contribution in [0, 0.1) is 13.8 Å². The second-order valence-electron chi connectivity index (χ2n) is 6.81. The van der Waals surface area contributed by atoms with Gasteiger partial charge in [-0.25, -0.2) is 18.2 Å².